The predicted molar refractivity (Wildman–Crippen MR) is 117 cm³/mol. The average molecular weight is 435 g/mol. The molecule has 2 aromatic rings. The number of pyridine rings is 1. The number of fused-ring (bicyclic) bond motifs is 2. The molecule has 4 aliphatic rings. The quantitative estimate of drug-likeness (QED) is 0.532. The number of nitrogens with zero attached hydrogens (tertiary/aromatic N) is 3. The monoisotopic (exact) mass is 435 g/mol. The highest BCUT2D eigenvalue weighted by Gasteiger charge is 2.54. The normalized spacial score (nSPS) is 27.8. The summed E-state index contributed by atoms with van der Waals surface area (Å²) in [5.74, 6) is 0.611. The van der Waals surface area contributed by atoms with Crippen molar-refractivity contribution in [2.75, 3.05) is 17.2 Å². The van der Waals surface area contributed by atoms with E-state index in [1.165, 1.54) is 6.33 Å². The van der Waals surface area contributed by atoms with Gasteiger partial charge >= 0.3 is 0 Å². The lowest BCUT2D eigenvalue weighted by Gasteiger charge is -2.38. The summed E-state index contributed by atoms with van der Waals surface area (Å²) in [7, 11) is 0. The van der Waals surface area contributed by atoms with Crippen LogP contribution >= 0.6 is 0 Å². The molecule has 1 saturated heterocycles. The lowest BCUT2D eigenvalue weighted by molar-refractivity contribution is -0.117. The molecule has 3 fully saturated rings. The number of anilines is 3. The van der Waals surface area contributed by atoms with Crippen LogP contribution in [0.15, 0.2) is 23.3 Å². The Balaban J connectivity index is 1.32. The molecular weight excluding hydrogens is 410 g/mol. The molecule has 0 bridgehead atoms. The van der Waals surface area contributed by atoms with Crippen molar-refractivity contribution < 1.29 is 9.59 Å². The zero-order chi connectivity index (χ0) is 22.1. The summed E-state index contributed by atoms with van der Waals surface area (Å²) in [6.45, 7) is 2.84. The molecule has 10 nitrogen and oxygen atoms in total. The van der Waals surface area contributed by atoms with Crippen LogP contribution in [-0.4, -0.2) is 38.4 Å². The van der Waals surface area contributed by atoms with Crippen LogP contribution in [0.4, 0.5) is 17.3 Å². The first-order chi connectivity index (χ1) is 15.4. The Morgan fingerprint density at radius 2 is 1.84 bits per heavy atom. The summed E-state index contributed by atoms with van der Waals surface area (Å²) in [4.78, 5) is 46.7. The maximum absolute atomic E-state index is 13.6. The molecule has 2 spiro atoms. The fourth-order valence-electron chi connectivity index (χ4n) is 5.03. The van der Waals surface area contributed by atoms with Gasteiger partial charge in [0, 0.05) is 24.1 Å². The van der Waals surface area contributed by atoms with Crippen molar-refractivity contribution >= 4 is 29.1 Å². The van der Waals surface area contributed by atoms with E-state index in [1.54, 1.807) is 16.7 Å². The average Bonchev–Trinajstić information content (AvgIpc) is 3.69. The standard InChI is InChI=1S/C22H25N7O3/c1-12-8-14(26-15-9-16(24-11-23-15)27-18(30)13-2-3-13)20(32)29-17(12)19(31)28-22(29)6-4-21(5-7-22)10-25-21/h8-9,11,13,25H,2-7,10H2,1H3,(H,28,31)(H2,23,24,26,27,30). The van der Waals surface area contributed by atoms with Crippen LogP contribution in [0, 0.1) is 12.8 Å². The minimum absolute atomic E-state index is 0.0464. The van der Waals surface area contributed by atoms with Crippen molar-refractivity contribution in [1.29, 1.82) is 0 Å². The molecule has 2 amide bonds. The molecule has 2 aliphatic carbocycles. The topological polar surface area (TPSA) is 140 Å². The molecule has 32 heavy (non-hydrogen) atoms. The summed E-state index contributed by atoms with van der Waals surface area (Å²) in [5.41, 5.74) is 0.741. The van der Waals surface area contributed by atoms with E-state index in [4.69, 9.17) is 0 Å². The van der Waals surface area contributed by atoms with Crippen LogP contribution in [0.25, 0.3) is 0 Å². The lowest BCUT2D eigenvalue weighted by Crippen LogP contribution is -2.51. The molecule has 0 aromatic carbocycles. The Morgan fingerprint density at radius 3 is 2.53 bits per heavy atom. The number of carbonyl (C=O) groups is 2. The molecule has 2 aliphatic heterocycles. The first-order valence-corrected chi connectivity index (χ1v) is 11.1. The molecule has 2 saturated carbocycles. The Bertz CT molecular complexity index is 1200. The molecule has 0 atom stereocenters. The predicted octanol–water partition coefficient (Wildman–Crippen LogP) is 1.35. The summed E-state index contributed by atoms with van der Waals surface area (Å²) in [6.07, 6.45) is 6.42. The van der Waals surface area contributed by atoms with Gasteiger partial charge in [0.2, 0.25) is 5.91 Å². The van der Waals surface area contributed by atoms with Gasteiger partial charge in [-0.25, -0.2) is 9.97 Å². The zero-order valence-electron chi connectivity index (χ0n) is 17.8. The van der Waals surface area contributed by atoms with Crippen LogP contribution in [-0.2, 0) is 10.5 Å². The van der Waals surface area contributed by atoms with E-state index < -0.39 is 5.66 Å². The number of rotatable bonds is 4. The Kier molecular flexibility index (Phi) is 4.01. The number of aryl methyl sites for hydroxylation is 1. The third kappa shape index (κ3) is 3.09. The highest BCUT2D eigenvalue weighted by Crippen LogP contribution is 2.44. The van der Waals surface area contributed by atoms with Gasteiger partial charge in [-0.1, -0.05) is 0 Å². The number of hydrogen-bond donors (Lipinski definition) is 4. The van der Waals surface area contributed by atoms with E-state index in [0.29, 0.717) is 35.9 Å². The summed E-state index contributed by atoms with van der Waals surface area (Å²) < 4.78 is 1.65. The van der Waals surface area contributed by atoms with E-state index in [9.17, 15) is 14.4 Å². The van der Waals surface area contributed by atoms with Gasteiger partial charge in [-0.2, -0.15) is 0 Å². The summed E-state index contributed by atoms with van der Waals surface area (Å²) in [6, 6.07) is 3.29. The second-order valence-electron chi connectivity index (χ2n) is 9.53. The number of nitrogens with one attached hydrogen (secondary N) is 4. The Hall–Kier alpha value is -3.27. The molecule has 0 unspecified atom stereocenters. The Morgan fingerprint density at radius 1 is 1.12 bits per heavy atom. The third-order valence-corrected chi connectivity index (χ3v) is 7.22. The molecule has 10 heteroatoms. The van der Waals surface area contributed by atoms with E-state index in [2.05, 4.69) is 31.2 Å². The maximum atomic E-state index is 13.6. The minimum atomic E-state index is -0.684. The molecule has 2 aromatic heterocycles. The smallest absolute Gasteiger partial charge is 0.276 e. The van der Waals surface area contributed by atoms with Gasteiger partial charge in [-0.05, 0) is 57.1 Å². The largest absolute Gasteiger partial charge is 0.336 e. The maximum Gasteiger partial charge on any atom is 0.276 e. The minimum Gasteiger partial charge on any atom is -0.336 e. The third-order valence-electron chi connectivity index (χ3n) is 7.22. The van der Waals surface area contributed by atoms with Crippen LogP contribution in [0.3, 0.4) is 0 Å². The molecule has 4 heterocycles. The SMILES string of the molecule is Cc1cc(Nc2cc(NC(=O)C3CC3)ncn2)c(=O)n2c1C(=O)NC21CCC2(CC1)CN2. The van der Waals surface area contributed by atoms with Gasteiger partial charge in [0.25, 0.3) is 11.5 Å². The fourth-order valence-corrected chi connectivity index (χ4v) is 5.03. The van der Waals surface area contributed by atoms with E-state index >= 15 is 0 Å². The van der Waals surface area contributed by atoms with Crippen molar-refractivity contribution in [3.05, 3.63) is 40.1 Å². The molecule has 6 rings (SSSR count). The van der Waals surface area contributed by atoms with Gasteiger partial charge in [0.1, 0.15) is 35.0 Å². The van der Waals surface area contributed by atoms with E-state index in [1.807, 2.05) is 6.92 Å². The molecular formula is C22H25N7O3. The fraction of sp³-hybridized carbons (Fsp3) is 0.500. The second kappa shape index (κ2) is 6.61. The van der Waals surface area contributed by atoms with Crippen molar-refractivity contribution in [1.82, 2.24) is 25.2 Å². The molecule has 0 radical (unpaired) electrons. The lowest BCUT2D eigenvalue weighted by atomic mass is 9.81. The van der Waals surface area contributed by atoms with E-state index in [-0.39, 0.29) is 28.8 Å². The first-order valence-electron chi connectivity index (χ1n) is 11.1. The van der Waals surface area contributed by atoms with Gasteiger partial charge in [0.05, 0.1) is 0 Å². The van der Waals surface area contributed by atoms with Crippen molar-refractivity contribution in [3.63, 3.8) is 0 Å². The number of hydrogen-bond acceptors (Lipinski definition) is 7. The number of aromatic nitrogens is 3. The summed E-state index contributed by atoms with van der Waals surface area (Å²) >= 11 is 0. The highest BCUT2D eigenvalue weighted by molar-refractivity contribution is 5.97. The van der Waals surface area contributed by atoms with Crippen molar-refractivity contribution in [2.24, 2.45) is 5.92 Å². The number of carbonyl (C=O) groups excluding carboxylic acids is 2. The second-order valence-corrected chi connectivity index (χ2v) is 9.53. The molecule has 4 N–H and O–H groups in total. The Labute approximate surface area is 184 Å². The van der Waals surface area contributed by atoms with Gasteiger partial charge in [0.15, 0.2) is 0 Å². The van der Waals surface area contributed by atoms with Gasteiger partial charge in [-0.3, -0.25) is 19.0 Å². The van der Waals surface area contributed by atoms with Crippen LogP contribution in [0.5, 0.6) is 0 Å². The van der Waals surface area contributed by atoms with Crippen molar-refractivity contribution in [2.45, 2.75) is 56.7 Å². The molecule has 166 valence electrons. The van der Waals surface area contributed by atoms with E-state index in [0.717, 1.165) is 37.8 Å². The van der Waals surface area contributed by atoms with Crippen LogP contribution in [0.2, 0.25) is 0 Å². The highest BCUT2D eigenvalue weighted by atomic mass is 16.2. The zero-order valence-corrected chi connectivity index (χ0v) is 17.8. The van der Waals surface area contributed by atoms with Crippen LogP contribution < -0.4 is 26.8 Å². The van der Waals surface area contributed by atoms with Gasteiger partial charge in [-0.15, -0.1) is 0 Å². The number of amides is 2. The summed E-state index contributed by atoms with van der Waals surface area (Å²) in [5, 5.41) is 12.4. The van der Waals surface area contributed by atoms with Crippen LogP contribution in [0.1, 0.15) is 54.6 Å². The van der Waals surface area contributed by atoms with Crippen molar-refractivity contribution in [3.8, 4) is 0 Å². The van der Waals surface area contributed by atoms with Gasteiger partial charge < -0.3 is 21.3 Å². The first kappa shape index (κ1) is 19.4.